The minimum absolute atomic E-state index is 0.0270. The molecule has 0 fully saturated rings. The molecule has 2 N–H and O–H groups in total. The van der Waals surface area contributed by atoms with Gasteiger partial charge in [0.25, 0.3) is 0 Å². The maximum atomic E-state index is 13.4. The van der Waals surface area contributed by atoms with Gasteiger partial charge >= 0.3 is 0 Å². The molecule has 0 saturated heterocycles. The van der Waals surface area contributed by atoms with Crippen molar-refractivity contribution in [1.29, 1.82) is 0 Å². The second-order valence-electron chi connectivity index (χ2n) is 8.14. The summed E-state index contributed by atoms with van der Waals surface area (Å²) >= 11 is 1.49. The van der Waals surface area contributed by atoms with Crippen LogP contribution in [0, 0.1) is 0 Å². The number of rotatable bonds is 9. The van der Waals surface area contributed by atoms with E-state index in [2.05, 4.69) is 23.6 Å². The van der Waals surface area contributed by atoms with Crippen molar-refractivity contribution < 1.29 is 9.59 Å². The van der Waals surface area contributed by atoms with Crippen LogP contribution < -0.4 is 10.6 Å². The fraction of sp³-hybridized carbons (Fsp3) is 0.172. The SMILES string of the molecule is CCCCC(=O)Nc1ccc(SC(C(=O)Nc2ccc3ccccc3c2)c2ccccc2)cc1. The number of nitrogens with one attached hydrogen (secondary N) is 2. The topological polar surface area (TPSA) is 58.2 Å². The highest BCUT2D eigenvalue weighted by molar-refractivity contribution is 8.00. The molecule has 4 rings (SSSR count). The van der Waals surface area contributed by atoms with Gasteiger partial charge in [0.1, 0.15) is 5.25 Å². The quantitative estimate of drug-likeness (QED) is 0.251. The highest BCUT2D eigenvalue weighted by atomic mass is 32.2. The van der Waals surface area contributed by atoms with Crippen molar-refractivity contribution >= 4 is 45.7 Å². The number of unbranched alkanes of at least 4 members (excludes halogenated alkanes) is 1. The largest absolute Gasteiger partial charge is 0.326 e. The molecule has 2 amide bonds. The summed E-state index contributed by atoms with van der Waals surface area (Å²) < 4.78 is 0. The number of carbonyl (C=O) groups excluding carboxylic acids is 2. The monoisotopic (exact) mass is 468 g/mol. The third-order valence-electron chi connectivity index (χ3n) is 5.51. The minimum Gasteiger partial charge on any atom is -0.326 e. The summed E-state index contributed by atoms with van der Waals surface area (Å²) in [6.45, 7) is 2.07. The molecule has 0 spiro atoms. The standard InChI is InChI=1S/C29H28N2O2S/c1-2-3-13-27(32)30-24-16-18-26(19-17-24)34-28(22-10-5-4-6-11-22)29(33)31-25-15-14-21-9-7-8-12-23(21)20-25/h4-12,14-20,28H,2-3,13H2,1H3,(H,30,32)(H,31,33). The smallest absolute Gasteiger partial charge is 0.242 e. The van der Waals surface area contributed by atoms with Crippen LogP contribution >= 0.6 is 11.8 Å². The van der Waals surface area contributed by atoms with Crippen LogP contribution in [0.2, 0.25) is 0 Å². The number of hydrogen-bond donors (Lipinski definition) is 2. The molecule has 1 unspecified atom stereocenters. The summed E-state index contributed by atoms with van der Waals surface area (Å²) in [6, 6.07) is 31.5. The van der Waals surface area contributed by atoms with Crippen LogP contribution in [-0.2, 0) is 9.59 Å². The molecule has 5 heteroatoms. The molecule has 0 saturated carbocycles. The van der Waals surface area contributed by atoms with Gasteiger partial charge in [-0.15, -0.1) is 11.8 Å². The number of anilines is 2. The van der Waals surface area contributed by atoms with Gasteiger partial charge in [-0.2, -0.15) is 0 Å². The van der Waals surface area contributed by atoms with Crippen LogP contribution in [0.1, 0.15) is 37.0 Å². The highest BCUT2D eigenvalue weighted by Crippen LogP contribution is 2.37. The lowest BCUT2D eigenvalue weighted by atomic mass is 10.1. The number of carbonyl (C=O) groups is 2. The summed E-state index contributed by atoms with van der Waals surface area (Å²) in [5, 5.41) is 7.83. The third-order valence-corrected chi connectivity index (χ3v) is 6.77. The first-order valence-corrected chi connectivity index (χ1v) is 12.4. The number of thioether (sulfide) groups is 1. The summed E-state index contributed by atoms with van der Waals surface area (Å²) in [5.74, 6) is -0.0531. The third kappa shape index (κ3) is 6.27. The van der Waals surface area contributed by atoms with Gasteiger partial charge in [0.05, 0.1) is 0 Å². The van der Waals surface area contributed by atoms with Crippen molar-refractivity contribution in [2.75, 3.05) is 10.6 Å². The lowest BCUT2D eigenvalue weighted by Gasteiger charge is -2.18. The van der Waals surface area contributed by atoms with Crippen molar-refractivity contribution in [3.8, 4) is 0 Å². The molecule has 4 nitrogen and oxygen atoms in total. The van der Waals surface area contributed by atoms with Crippen LogP contribution in [0.15, 0.2) is 102 Å². The Morgan fingerprint density at radius 3 is 2.18 bits per heavy atom. The fourth-order valence-electron chi connectivity index (χ4n) is 3.69. The van der Waals surface area contributed by atoms with E-state index in [1.165, 1.54) is 11.8 Å². The van der Waals surface area contributed by atoms with E-state index in [4.69, 9.17) is 0 Å². The van der Waals surface area contributed by atoms with Crippen molar-refractivity contribution in [1.82, 2.24) is 0 Å². The zero-order valence-electron chi connectivity index (χ0n) is 19.2. The number of fused-ring (bicyclic) bond motifs is 1. The van der Waals surface area contributed by atoms with Crippen LogP contribution in [0.25, 0.3) is 10.8 Å². The van der Waals surface area contributed by atoms with E-state index < -0.39 is 5.25 Å². The van der Waals surface area contributed by atoms with Gasteiger partial charge < -0.3 is 10.6 Å². The molecule has 0 bridgehead atoms. The first-order chi connectivity index (χ1) is 16.6. The lowest BCUT2D eigenvalue weighted by molar-refractivity contribution is -0.116. The second-order valence-corrected chi connectivity index (χ2v) is 9.31. The Hall–Kier alpha value is -3.57. The Balaban J connectivity index is 1.50. The molecule has 172 valence electrons. The Morgan fingerprint density at radius 2 is 1.44 bits per heavy atom. The van der Waals surface area contributed by atoms with E-state index in [0.29, 0.717) is 6.42 Å². The molecule has 0 aliphatic rings. The van der Waals surface area contributed by atoms with Crippen LogP contribution in [-0.4, -0.2) is 11.8 Å². The summed E-state index contributed by atoms with van der Waals surface area (Å²) in [5.41, 5.74) is 2.47. The molecular formula is C29H28N2O2S. The maximum absolute atomic E-state index is 13.4. The van der Waals surface area contributed by atoms with E-state index in [-0.39, 0.29) is 11.8 Å². The first-order valence-electron chi connectivity index (χ1n) is 11.5. The zero-order valence-corrected chi connectivity index (χ0v) is 20.0. The van der Waals surface area contributed by atoms with Gasteiger partial charge in [-0.05, 0) is 59.2 Å². The zero-order chi connectivity index (χ0) is 23.8. The van der Waals surface area contributed by atoms with E-state index in [0.717, 1.165) is 45.4 Å². The fourth-order valence-corrected chi connectivity index (χ4v) is 4.71. The normalized spacial score (nSPS) is 11.7. The van der Waals surface area contributed by atoms with E-state index in [9.17, 15) is 9.59 Å². The van der Waals surface area contributed by atoms with Gasteiger partial charge in [-0.25, -0.2) is 0 Å². The Kier molecular flexibility index (Phi) is 7.99. The van der Waals surface area contributed by atoms with Crippen LogP contribution in [0.4, 0.5) is 11.4 Å². The van der Waals surface area contributed by atoms with E-state index in [1.807, 2.05) is 91.0 Å². The Bertz CT molecular complexity index is 1260. The number of benzene rings is 4. The van der Waals surface area contributed by atoms with Gasteiger partial charge in [0, 0.05) is 22.7 Å². The van der Waals surface area contributed by atoms with Gasteiger partial charge in [0.2, 0.25) is 11.8 Å². The molecule has 4 aromatic rings. The first kappa shape index (κ1) is 23.6. The molecule has 1 atom stereocenters. The van der Waals surface area contributed by atoms with Crippen LogP contribution in [0.3, 0.4) is 0 Å². The van der Waals surface area contributed by atoms with Gasteiger partial charge in [-0.1, -0.05) is 74.0 Å². The van der Waals surface area contributed by atoms with Crippen molar-refractivity contribution in [3.05, 3.63) is 103 Å². The predicted molar refractivity (Wildman–Crippen MR) is 142 cm³/mol. The number of amides is 2. The molecule has 0 aliphatic heterocycles. The molecule has 0 aliphatic carbocycles. The molecule has 0 heterocycles. The Labute approximate surface area is 204 Å². The predicted octanol–water partition coefficient (Wildman–Crippen LogP) is 7.44. The van der Waals surface area contributed by atoms with Crippen molar-refractivity contribution in [3.63, 3.8) is 0 Å². The second kappa shape index (κ2) is 11.5. The van der Waals surface area contributed by atoms with E-state index >= 15 is 0 Å². The Morgan fingerprint density at radius 1 is 0.765 bits per heavy atom. The number of hydrogen-bond acceptors (Lipinski definition) is 3. The maximum Gasteiger partial charge on any atom is 0.242 e. The van der Waals surface area contributed by atoms with Crippen molar-refractivity contribution in [2.45, 2.75) is 36.3 Å². The molecule has 4 aromatic carbocycles. The summed E-state index contributed by atoms with van der Waals surface area (Å²) in [6.07, 6.45) is 2.40. The average molecular weight is 469 g/mol. The van der Waals surface area contributed by atoms with E-state index in [1.54, 1.807) is 0 Å². The molecule has 34 heavy (non-hydrogen) atoms. The molecular weight excluding hydrogens is 440 g/mol. The average Bonchev–Trinajstić information content (AvgIpc) is 2.87. The van der Waals surface area contributed by atoms with Gasteiger partial charge in [0.15, 0.2) is 0 Å². The highest BCUT2D eigenvalue weighted by Gasteiger charge is 2.22. The minimum atomic E-state index is -0.419. The molecule has 0 aromatic heterocycles. The summed E-state index contributed by atoms with van der Waals surface area (Å²) in [4.78, 5) is 26.3. The molecule has 0 radical (unpaired) electrons. The summed E-state index contributed by atoms with van der Waals surface area (Å²) in [7, 11) is 0. The van der Waals surface area contributed by atoms with Gasteiger partial charge in [-0.3, -0.25) is 9.59 Å². The lowest BCUT2D eigenvalue weighted by Crippen LogP contribution is -2.19. The van der Waals surface area contributed by atoms with Crippen molar-refractivity contribution in [2.24, 2.45) is 0 Å². The van der Waals surface area contributed by atoms with Crippen LogP contribution in [0.5, 0.6) is 0 Å².